The molecule has 0 radical (unpaired) electrons. The van der Waals surface area contributed by atoms with E-state index in [2.05, 4.69) is 4.98 Å². The van der Waals surface area contributed by atoms with Gasteiger partial charge in [-0.2, -0.15) is 0 Å². The van der Waals surface area contributed by atoms with Gasteiger partial charge in [-0.3, -0.25) is 0 Å². The summed E-state index contributed by atoms with van der Waals surface area (Å²) in [7, 11) is 0.809. The summed E-state index contributed by atoms with van der Waals surface area (Å²) in [6.07, 6.45) is -17.3. The maximum absolute atomic E-state index is 13.1. The molecule has 1 aromatic carbocycles. The standard InChI is InChI=1S/C17H20N2O2/c1-19-11-6-7-12(19)9-13(8-11)21-17(20)15-10-18-16-5-3-2-4-14(15)16/h2-5,10-13,18H,6-9H2,1H3/t11-,12+,13?/i2D,3D,5D,6D2,7D2,8D2,9D2,11D,12D,13D. The summed E-state index contributed by atoms with van der Waals surface area (Å²) < 4.78 is 121. The summed E-state index contributed by atoms with van der Waals surface area (Å²) in [6, 6.07) is -7.03. The fourth-order valence-electron chi connectivity index (χ4n) is 2.14. The Hall–Kier alpha value is -1.81. The number of benzene rings is 1. The van der Waals surface area contributed by atoms with Crippen molar-refractivity contribution in [1.29, 1.82) is 0 Å². The number of carbonyl (C=O) groups excluding carboxylic acids is 1. The molecule has 2 fully saturated rings. The number of rotatable bonds is 2. The molecule has 4 nitrogen and oxygen atoms in total. The minimum Gasteiger partial charge on any atom is -0.459 e. The molecular weight excluding hydrogens is 264 g/mol. The van der Waals surface area contributed by atoms with Gasteiger partial charge < -0.3 is 14.6 Å². The zero-order chi connectivity index (χ0) is 26.9. The lowest BCUT2D eigenvalue weighted by molar-refractivity contribution is -0.000258. The lowest BCUT2D eigenvalue weighted by Gasteiger charge is -2.35. The van der Waals surface area contributed by atoms with Gasteiger partial charge in [-0.25, -0.2) is 4.79 Å². The highest BCUT2D eigenvalue weighted by Crippen LogP contribution is 2.35. The van der Waals surface area contributed by atoms with Crippen molar-refractivity contribution in [1.82, 2.24) is 9.88 Å². The first kappa shape index (κ1) is 4.85. The van der Waals surface area contributed by atoms with Crippen LogP contribution >= 0.6 is 0 Å². The number of carbonyl (C=O) groups is 1. The zero-order valence-corrected chi connectivity index (χ0v) is 10.9. The maximum Gasteiger partial charge on any atom is 0.340 e. The first-order chi connectivity index (χ1) is 15.6. The fourth-order valence-corrected chi connectivity index (χ4v) is 2.14. The van der Waals surface area contributed by atoms with Gasteiger partial charge in [0, 0.05) is 55.6 Å². The van der Waals surface area contributed by atoms with E-state index < -0.39 is 73.3 Å². The number of hydrogen-bond donors (Lipinski definition) is 1. The number of H-pyrrole nitrogens is 1. The quantitative estimate of drug-likeness (QED) is 0.867. The summed E-state index contributed by atoms with van der Waals surface area (Å²) >= 11 is 0. The van der Waals surface area contributed by atoms with Crippen LogP contribution in [-0.2, 0) is 4.74 Å². The lowest BCUT2D eigenvalue weighted by atomic mass is 10.0. The highest BCUT2D eigenvalue weighted by atomic mass is 16.5. The number of hydrogen-bond acceptors (Lipinski definition) is 3. The molecule has 0 saturated carbocycles. The van der Waals surface area contributed by atoms with Crippen LogP contribution in [0.5, 0.6) is 0 Å². The van der Waals surface area contributed by atoms with E-state index in [-0.39, 0.29) is 15.8 Å². The Morgan fingerprint density at radius 3 is 3.00 bits per heavy atom. The van der Waals surface area contributed by atoms with E-state index in [0.29, 0.717) is 0 Å². The second-order valence-electron chi connectivity index (χ2n) is 4.50. The average Bonchev–Trinajstić information content (AvgIpc) is 3.20. The van der Waals surface area contributed by atoms with Crippen LogP contribution in [0.25, 0.3) is 10.9 Å². The molecule has 110 valence electrons. The Kier molecular flexibility index (Phi) is 1.13. The molecule has 21 heavy (non-hydrogen) atoms. The first-order valence-electron chi connectivity index (χ1n) is 13.2. The third-order valence-corrected chi connectivity index (χ3v) is 3.25. The Balaban J connectivity index is 1.93. The largest absolute Gasteiger partial charge is 0.459 e. The molecule has 2 bridgehead atoms. The number of para-hydroxylation sites is 1. The number of aromatic nitrogens is 1. The van der Waals surface area contributed by atoms with Crippen LogP contribution in [0.2, 0.25) is 0 Å². The van der Waals surface area contributed by atoms with Gasteiger partial charge in [-0.1, -0.05) is 18.2 Å². The minimum absolute atomic E-state index is 0.0620. The van der Waals surface area contributed by atoms with Crippen molar-refractivity contribution in [2.75, 3.05) is 7.05 Å². The van der Waals surface area contributed by atoms with E-state index in [1.165, 1.54) is 0 Å². The van der Waals surface area contributed by atoms with Gasteiger partial charge >= 0.3 is 5.97 Å². The normalized spacial score (nSPS) is 58.7. The second kappa shape index (κ2) is 4.88. The van der Waals surface area contributed by atoms with Gasteiger partial charge in [0.05, 0.1) is 11.0 Å². The van der Waals surface area contributed by atoms with Crippen molar-refractivity contribution < 1.29 is 28.7 Å². The molecule has 4 rings (SSSR count). The molecule has 2 aliphatic rings. The second-order valence-corrected chi connectivity index (χ2v) is 4.50. The third kappa shape index (κ3) is 2.14. The molecule has 4 heteroatoms. The molecule has 0 aliphatic carbocycles. The summed E-state index contributed by atoms with van der Waals surface area (Å²) in [6.45, 7) is 0. The van der Waals surface area contributed by atoms with E-state index in [4.69, 9.17) is 23.9 Å². The van der Waals surface area contributed by atoms with E-state index in [1.54, 1.807) is 0 Å². The molecule has 2 aromatic rings. The number of piperidine rings is 1. The number of aromatic amines is 1. The summed E-state index contributed by atoms with van der Waals surface area (Å²) in [5, 5.41) is -0.117. The van der Waals surface area contributed by atoms with E-state index in [1.807, 2.05) is 0 Å². The predicted molar refractivity (Wildman–Crippen MR) is 81.3 cm³/mol. The molecule has 2 aliphatic heterocycles. The number of fused-ring (bicyclic) bond motifs is 3. The van der Waals surface area contributed by atoms with Crippen LogP contribution in [0.1, 0.15) is 55.0 Å². The average molecular weight is 298 g/mol. The third-order valence-electron chi connectivity index (χ3n) is 3.25. The summed E-state index contributed by atoms with van der Waals surface area (Å²) in [5.41, 5.74) is -0.524. The SMILES string of the molecule is [2H]c1cc2c(C(=O)OC3([2H])C([2H])([2H])[C@]4([2H])N(C)[C@]([2H])(C3([2H])[2H])C([2H])([2H])C4([2H])[2H])c[nH]c2c([2H])c1[2H]. The van der Waals surface area contributed by atoms with Crippen molar-refractivity contribution in [2.24, 2.45) is 0 Å². The molecule has 0 amide bonds. The van der Waals surface area contributed by atoms with Crippen LogP contribution in [0.3, 0.4) is 0 Å². The molecule has 2 saturated heterocycles. The van der Waals surface area contributed by atoms with Crippen LogP contribution in [0, 0.1) is 0 Å². The maximum atomic E-state index is 13.1. The number of ether oxygens (including phenoxy) is 1. The van der Waals surface area contributed by atoms with Crippen molar-refractivity contribution in [3.63, 3.8) is 0 Å². The molecule has 1 aromatic heterocycles. The van der Waals surface area contributed by atoms with Gasteiger partial charge in [0.1, 0.15) is 6.08 Å². The number of esters is 1. The van der Waals surface area contributed by atoms with Crippen molar-refractivity contribution >= 4 is 16.9 Å². The van der Waals surface area contributed by atoms with Gasteiger partial charge in [-0.05, 0) is 25.8 Å². The lowest BCUT2D eigenvalue weighted by Crippen LogP contribution is -2.43. The van der Waals surface area contributed by atoms with Crippen LogP contribution in [0.4, 0.5) is 0 Å². The Bertz CT molecular complexity index is 1240. The number of nitrogens with one attached hydrogen (secondary N) is 1. The Morgan fingerprint density at radius 2 is 2.24 bits per heavy atom. The van der Waals surface area contributed by atoms with Crippen molar-refractivity contribution in [3.05, 3.63) is 36.0 Å². The zero-order valence-electron chi connectivity index (χ0n) is 24.9. The topological polar surface area (TPSA) is 45.3 Å². The highest BCUT2D eigenvalue weighted by molar-refractivity contribution is 6.04. The minimum atomic E-state index is -3.79. The summed E-state index contributed by atoms with van der Waals surface area (Å²) in [5.74, 6) is -1.55. The fraction of sp³-hybridized carbons (Fsp3) is 0.471. The molecule has 1 N–H and O–H groups in total. The van der Waals surface area contributed by atoms with E-state index >= 15 is 0 Å². The smallest absolute Gasteiger partial charge is 0.340 e. The highest BCUT2D eigenvalue weighted by Gasteiger charge is 2.40. The number of nitrogens with zero attached hydrogens (tertiary/aromatic N) is 1. The van der Waals surface area contributed by atoms with E-state index in [0.717, 1.165) is 19.3 Å². The molecule has 1 unspecified atom stereocenters. The van der Waals surface area contributed by atoms with Crippen molar-refractivity contribution in [2.45, 2.75) is 43.6 Å². The van der Waals surface area contributed by atoms with Gasteiger partial charge in [-0.15, -0.1) is 0 Å². The van der Waals surface area contributed by atoms with Crippen LogP contribution in [0.15, 0.2) is 30.4 Å². The molecule has 0 spiro atoms. The molecular formula is C17H20N2O2. The van der Waals surface area contributed by atoms with Crippen molar-refractivity contribution in [3.8, 4) is 0 Å². The van der Waals surface area contributed by atoms with E-state index in [9.17, 15) is 4.79 Å². The van der Waals surface area contributed by atoms with Crippen LogP contribution < -0.4 is 0 Å². The van der Waals surface area contributed by atoms with Crippen LogP contribution in [-0.4, -0.2) is 41.0 Å². The van der Waals surface area contributed by atoms with Gasteiger partial charge in [0.15, 0.2) is 0 Å². The first-order valence-corrected chi connectivity index (χ1v) is 6.16. The molecule has 3 heterocycles. The van der Waals surface area contributed by atoms with Gasteiger partial charge in [0.2, 0.25) is 0 Å². The summed E-state index contributed by atoms with van der Waals surface area (Å²) in [4.78, 5) is 15.9. The Morgan fingerprint density at radius 1 is 1.48 bits per heavy atom. The molecule has 3 atom stereocenters. The predicted octanol–water partition coefficient (Wildman–Crippen LogP) is 2.95. The monoisotopic (exact) mass is 298 g/mol. The Labute approximate surface area is 143 Å². The van der Waals surface area contributed by atoms with Gasteiger partial charge in [0.25, 0.3) is 0 Å².